The van der Waals surface area contributed by atoms with E-state index in [0.29, 0.717) is 29.6 Å². The molecule has 0 fully saturated rings. The average molecular weight is 422 g/mol. The minimum absolute atomic E-state index is 0.0740. The predicted molar refractivity (Wildman–Crippen MR) is 105 cm³/mol. The van der Waals surface area contributed by atoms with Gasteiger partial charge in [-0.25, -0.2) is 9.97 Å². The van der Waals surface area contributed by atoms with Crippen molar-refractivity contribution in [3.05, 3.63) is 50.0 Å². The minimum atomic E-state index is -0.361. The van der Waals surface area contributed by atoms with Gasteiger partial charge in [-0.15, -0.1) is 0 Å². The third kappa shape index (κ3) is 2.67. The van der Waals surface area contributed by atoms with E-state index in [4.69, 9.17) is 27.9 Å². The average Bonchev–Trinajstić information content (AvgIpc) is 3.11. The third-order valence-corrected chi connectivity index (χ3v) is 6.05. The lowest BCUT2D eigenvalue weighted by Gasteiger charge is -2.33. The van der Waals surface area contributed by atoms with Crippen LogP contribution in [0.15, 0.2) is 17.2 Å². The normalized spacial score (nSPS) is 16.3. The Bertz CT molecular complexity index is 1150. The highest BCUT2D eigenvalue weighted by molar-refractivity contribution is 6.44. The molecule has 0 aliphatic carbocycles. The summed E-state index contributed by atoms with van der Waals surface area (Å²) >= 11 is 12.5. The van der Waals surface area contributed by atoms with E-state index < -0.39 is 0 Å². The molecule has 1 aliphatic rings. The first-order valence-corrected chi connectivity index (χ1v) is 9.36. The molecule has 0 saturated heterocycles. The SMILES string of the molecule is COc1cnc(C(=O)N2CCc3[nH]c4c(Cl)c(Cl)n(C)c(=O)c4c3[C@H]2C)nc1. The van der Waals surface area contributed by atoms with Gasteiger partial charge in [-0.05, 0) is 6.92 Å². The van der Waals surface area contributed by atoms with Crippen molar-refractivity contribution >= 4 is 40.0 Å². The fraction of sp³-hybridized carbons (Fsp3) is 0.333. The Morgan fingerprint density at radius 3 is 2.64 bits per heavy atom. The van der Waals surface area contributed by atoms with Crippen LogP contribution in [0.2, 0.25) is 10.2 Å². The van der Waals surface area contributed by atoms with Crippen LogP contribution in [0.3, 0.4) is 0 Å². The number of methoxy groups -OCH3 is 1. The summed E-state index contributed by atoms with van der Waals surface area (Å²) in [6.45, 7) is 2.33. The first-order valence-electron chi connectivity index (χ1n) is 8.60. The Hall–Kier alpha value is -2.58. The number of fused-ring (bicyclic) bond motifs is 3. The molecule has 1 aliphatic heterocycles. The summed E-state index contributed by atoms with van der Waals surface area (Å²) in [6, 6.07) is -0.361. The van der Waals surface area contributed by atoms with E-state index in [0.717, 1.165) is 11.3 Å². The molecule has 28 heavy (non-hydrogen) atoms. The second kappa shape index (κ2) is 6.79. The Labute approximate surface area is 170 Å². The van der Waals surface area contributed by atoms with Crippen LogP contribution in [0.25, 0.3) is 10.9 Å². The molecule has 146 valence electrons. The number of hydrogen-bond donors (Lipinski definition) is 1. The number of rotatable bonds is 2. The number of halogens is 2. The molecular weight excluding hydrogens is 405 g/mol. The number of hydrogen-bond acceptors (Lipinski definition) is 5. The van der Waals surface area contributed by atoms with Crippen molar-refractivity contribution in [1.29, 1.82) is 0 Å². The summed E-state index contributed by atoms with van der Waals surface area (Å²) < 4.78 is 6.34. The monoisotopic (exact) mass is 421 g/mol. The zero-order valence-electron chi connectivity index (χ0n) is 15.4. The lowest BCUT2D eigenvalue weighted by atomic mass is 9.97. The number of amides is 1. The van der Waals surface area contributed by atoms with Gasteiger partial charge in [0.2, 0.25) is 5.82 Å². The van der Waals surface area contributed by atoms with Gasteiger partial charge in [-0.1, -0.05) is 23.2 Å². The maximum Gasteiger partial charge on any atom is 0.292 e. The summed E-state index contributed by atoms with van der Waals surface area (Å²) in [4.78, 5) is 38.9. The van der Waals surface area contributed by atoms with Crippen molar-refractivity contribution in [1.82, 2.24) is 24.4 Å². The molecule has 1 amide bonds. The van der Waals surface area contributed by atoms with E-state index in [1.165, 1.54) is 24.1 Å². The van der Waals surface area contributed by atoms with Gasteiger partial charge in [0.25, 0.3) is 11.5 Å². The van der Waals surface area contributed by atoms with Crippen LogP contribution in [-0.4, -0.2) is 44.0 Å². The van der Waals surface area contributed by atoms with Gasteiger partial charge < -0.3 is 19.2 Å². The summed E-state index contributed by atoms with van der Waals surface area (Å²) in [5.41, 5.74) is 1.87. The molecule has 0 radical (unpaired) electrons. The maximum atomic E-state index is 13.0. The van der Waals surface area contributed by atoms with Crippen LogP contribution < -0.4 is 10.3 Å². The van der Waals surface area contributed by atoms with Crippen molar-refractivity contribution in [2.45, 2.75) is 19.4 Å². The van der Waals surface area contributed by atoms with Crippen LogP contribution in [0.1, 0.15) is 34.8 Å². The first-order chi connectivity index (χ1) is 13.3. The Morgan fingerprint density at radius 1 is 1.32 bits per heavy atom. The van der Waals surface area contributed by atoms with E-state index in [9.17, 15) is 9.59 Å². The molecule has 0 saturated carbocycles. The molecule has 0 aromatic carbocycles. The Morgan fingerprint density at radius 2 is 2.00 bits per heavy atom. The van der Waals surface area contributed by atoms with Gasteiger partial charge in [0, 0.05) is 31.3 Å². The molecule has 4 heterocycles. The lowest BCUT2D eigenvalue weighted by Crippen LogP contribution is -2.39. The van der Waals surface area contributed by atoms with Crippen molar-refractivity contribution in [2.24, 2.45) is 7.05 Å². The van der Waals surface area contributed by atoms with Gasteiger partial charge >= 0.3 is 0 Å². The van der Waals surface area contributed by atoms with Gasteiger partial charge in [0.1, 0.15) is 10.2 Å². The molecule has 3 aromatic rings. The Balaban J connectivity index is 1.80. The highest BCUT2D eigenvalue weighted by atomic mass is 35.5. The largest absolute Gasteiger partial charge is 0.494 e. The summed E-state index contributed by atoms with van der Waals surface area (Å²) in [7, 11) is 3.07. The van der Waals surface area contributed by atoms with E-state index in [1.807, 2.05) is 6.92 Å². The lowest BCUT2D eigenvalue weighted by molar-refractivity contribution is 0.0665. The number of pyridine rings is 1. The highest BCUT2D eigenvalue weighted by Gasteiger charge is 2.34. The summed E-state index contributed by atoms with van der Waals surface area (Å²) in [5, 5.41) is 0.911. The van der Waals surface area contributed by atoms with Crippen LogP contribution in [-0.2, 0) is 13.5 Å². The van der Waals surface area contributed by atoms with E-state index in [2.05, 4.69) is 15.0 Å². The molecule has 10 heteroatoms. The molecular formula is C18H17Cl2N5O3. The zero-order chi connectivity index (χ0) is 20.2. The van der Waals surface area contributed by atoms with Crippen molar-refractivity contribution in [3.8, 4) is 5.75 Å². The summed E-state index contributed by atoms with van der Waals surface area (Å²) in [5.74, 6) is 0.231. The van der Waals surface area contributed by atoms with E-state index in [-0.39, 0.29) is 33.5 Å². The standard InChI is InChI=1S/C18H17Cl2N5O3/c1-8-11-10(23-14-12(11)17(26)24(2)15(20)13(14)19)4-5-25(8)18(27)16-21-6-9(28-3)7-22-16/h6-8,23H,4-5H2,1-3H3/t8-/m1/s1. The van der Waals surface area contributed by atoms with Gasteiger partial charge in [0.05, 0.1) is 36.4 Å². The van der Waals surface area contributed by atoms with Gasteiger partial charge in [0.15, 0.2) is 5.75 Å². The van der Waals surface area contributed by atoms with Crippen LogP contribution in [0, 0.1) is 0 Å². The number of aromatic nitrogens is 4. The molecule has 1 atom stereocenters. The van der Waals surface area contributed by atoms with E-state index >= 15 is 0 Å². The molecule has 0 bridgehead atoms. The van der Waals surface area contributed by atoms with Crippen LogP contribution in [0.5, 0.6) is 5.75 Å². The predicted octanol–water partition coefficient (Wildman–Crippen LogP) is 2.73. The Kier molecular flexibility index (Phi) is 4.55. The first kappa shape index (κ1) is 18.8. The fourth-order valence-corrected chi connectivity index (χ4v) is 4.08. The number of nitrogens with one attached hydrogen (secondary N) is 1. The summed E-state index contributed by atoms with van der Waals surface area (Å²) in [6.07, 6.45) is 3.44. The number of aromatic amines is 1. The van der Waals surface area contributed by atoms with Crippen LogP contribution >= 0.6 is 23.2 Å². The molecule has 0 spiro atoms. The second-order valence-corrected chi connectivity index (χ2v) is 7.34. The molecule has 8 nitrogen and oxygen atoms in total. The number of nitrogens with zero attached hydrogens (tertiary/aromatic N) is 4. The van der Waals surface area contributed by atoms with Gasteiger partial charge in [-0.2, -0.15) is 0 Å². The van der Waals surface area contributed by atoms with Crippen LogP contribution in [0.4, 0.5) is 0 Å². The molecule has 0 unspecified atom stereocenters. The zero-order valence-corrected chi connectivity index (χ0v) is 16.9. The minimum Gasteiger partial charge on any atom is -0.494 e. The number of ether oxygens (including phenoxy) is 1. The third-order valence-electron chi connectivity index (χ3n) is 5.14. The van der Waals surface area contributed by atoms with Crippen molar-refractivity contribution in [2.75, 3.05) is 13.7 Å². The molecule has 3 aromatic heterocycles. The fourth-order valence-electron chi connectivity index (χ4n) is 3.64. The maximum absolute atomic E-state index is 13.0. The number of carbonyl (C=O) groups is 1. The highest BCUT2D eigenvalue weighted by Crippen LogP contribution is 2.38. The second-order valence-electron chi connectivity index (χ2n) is 6.61. The van der Waals surface area contributed by atoms with E-state index in [1.54, 1.807) is 11.9 Å². The smallest absolute Gasteiger partial charge is 0.292 e. The topological polar surface area (TPSA) is 93.1 Å². The quantitative estimate of drug-likeness (QED) is 0.642. The molecule has 4 rings (SSSR count). The molecule has 1 N–H and O–H groups in total. The van der Waals surface area contributed by atoms with Crippen molar-refractivity contribution < 1.29 is 9.53 Å². The number of carbonyl (C=O) groups excluding carboxylic acids is 1. The number of H-pyrrole nitrogens is 1. The van der Waals surface area contributed by atoms with Gasteiger partial charge in [-0.3, -0.25) is 9.59 Å². The van der Waals surface area contributed by atoms with Crippen molar-refractivity contribution in [3.63, 3.8) is 0 Å².